The van der Waals surface area contributed by atoms with E-state index in [1.165, 1.54) is 7.11 Å². The largest absolute Gasteiger partial charge is 0.469 e. The van der Waals surface area contributed by atoms with Crippen molar-refractivity contribution in [3.63, 3.8) is 0 Å². The molecule has 0 aliphatic heterocycles. The van der Waals surface area contributed by atoms with E-state index in [4.69, 9.17) is 5.53 Å². The Morgan fingerprint density at radius 3 is 2.27 bits per heavy atom. The molecule has 0 amide bonds. The number of carbonyl (C=O) groups is 2. The Morgan fingerprint density at radius 2 is 1.80 bits per heavy atom. The van der Waals surface area contributed by atoms with Crippen LogP contribution >= 0.6 is 0 Å². The maximum absolute atomic E-state index is 11.4. The molecule has 0 aromatic heterocycles. The number of hydrogen-bond donors (Lipinski definition) is 1. The maximum Gasteiger partial charge on any atom is 0.372 e. The van der Waals surface area contributed by atoms with Crippen LogP contribution in [0.15, 0.2) is 0 Å². The number of nitrogens with zero attached hydrogens (tertiary/aromatic N) is 1. The van der Waals surface area contributed by atoms with E-state index in [0.717, 1.165) is 6.21 Å². The first-order valence-corrected chi connectivity index (χ1v) is 5.00. The third-order valence-electron chi connectivity index (χ3n) is 2.86. The maximum atomic E-state index is 11.4. The Labute approximate surface area is 88.0 Å². The molecule has 0 unspecified atom stereocenters. The molecule has 0 atom stereocenters. The Bertz CT molecular complexity index is 300. The smallest absolute Gasteiger partial charge is 0.372 e. The molecule has 5 nitrogen and oxygen atoms in total. The van der Waals surface area contributed by atoms with Crippen molar-refractivity contribution in [1.29, 1.82) is 5.53 Å². The molecule has 0 aromatic rings. The second kappa shape index (κ2) is 5.41. The Balaban J connectivity index is 2.45. The number of ketones is 1. The van der Waals surface area contributed by atoms with Gasteiger partial charge < -0.3 is 4.74 Å². The zero-order valence-electron chi connectivity index (χ0n) is 8.73. The van der Waals surface area contributed by atoms with Crippen molar-refractivity contribution in [2.75, 3.05) is 7.11 Å². The third-order valence-corrected chi connectivity index (χ3v) is 2.86. The average Bonchev–Trinajstić information content (AvgIpc) is 2.28. The fourth-order valence-electron chi connectivity index (χ4n) is 1.95. The molecule has 1 rings (SSSR count). The number of hydrogen-bond acceptors (Lipinski definition) is 4. The van der Waals surface area contributed by atoms with Gasteiger partial charge in [0.25, 0.3) is 0 Å². The molecule has 0 heterocycles. The van der Waals surface area contributed by atoms with E-state index in [9.17, 15) is 9.59 Å². The van der Waals surface area contributed by atoms with Gasteiger partial charge in [-0.2, -0.15) is 0 Å². The summed E-state index contributed by atoms with van der Waals surface area (Å²) >= 11 is 0. The lowest BCUT2D eigenvalue weighted by molar-refractivity contribution is -0.147. The fraction of sp³-hybridized carbons (Fsp3) is 0.700. The quantitative estimate of drug-likeness (QED) is 0.325. The fourth-order valence-corrected chi connectivity index (χ4v) is 1.95. The Hall–Kier alpha value is -1.48. The lowest BCUT2D eigenvalue weighted by Crippen LogP contribution is -2.27. The van der Waals surface area contributed by atoms with Crippen LogP contribution in [0, 0.1) is 17.4 Å². The Morgan fingerprint density at radius 1 is 1.27 bits per heavy atom. The first kappa shape index (κ1) is 11.6. The van der Waals surface area contributed by atoms with E-state index in [-0.39, 0.29) is 23.6 Å². The van der Waals surface area contributed by atoms with Crippen LogP contribution in [-0.4, -0.2) is 29.9 Å². The number of rotatable bonds is 3. The van der Waals surface area contributed by atoms with E-state index in [1.54, 1.807) is 0 Å². The normalized spacial score (nSPS) is 25.1. The minimum atomic E-state index is -0.185. The summed E-state index contributed by atoms with van der Waals surface area (Å²) in [5, 5.41) is 0. The molecule has 0 aromatic carbocycles. The van der Waals surface area contributed by atoms with E-state index >= 15 is 0 Å². The number of nitrogens with one attached hydrogen (secondary N) is 1. The van der Waals surface area contributed by atoms with Gasteiger partial charge in [-0.1, -0.05) is 0 Å². The summed E-state index contributed by atoms with van der Waals surface area (Å²) in [6.07, 6.45) is 3.79. The summed E-state index contributed by atoms with van der Waals surface area (Å²) in [5.41, 5.74) is 6.56. The molecule has 1 aliphatic rings. The van der Waals surface area contributed by atoms with Gasteiger partial charge in [-0.3, -0.25) is 9.59 Å². The van der Waals surface area contributed by atoms with Crippen molar-refractivity contribution in [2.24, 2.45) is 11.8 Å². The molecular weight excluding hydrogens is 196 g/mol. The highest BCUT2D eigenvalue weighted by molar-refractivity contribution is 6.26. The molecular formula is C10H15N2O3+. The zero-order valence-corrected chi connectivity index (χ0v) is 8.73. The molecule has 15 heavy (non-hydrogen) atoms. The van der Waals surface area contributed by atoms with Gasteiger partial charge in [0, 0.05) is 5.92 Å². The average molecular weight is 211 g/mol. The van der Waals surface area contributed by atoms with Crippen molar-refractivity contribution in [3.8, 4) is 0 Å². The van der Waals surface area contributed by atoms with Gasteiger partial charge in [0.2, 0.25) is 5.78 Å². The topological polar surface area (TPSA) is 81.3 Å². The van der Waals surface area contributed by atoms with Gasteiger partial charge >= 0.3 is 12.2 Å². The molecule has 0 saturated heterocycles. The van der Waals surface area contributed by atoms with Crippen LogP contribution in [0.3, 0.4) is 0 Å². The number of Topliss-reactive ketones (excluding diaryl/α,β-unsaturated/α-hetero) is 1. The number of carbonyl (C=O) groups excluding carboxylic acids is 2. The van der Waals surface area contributed by atoms with E-state index in [0.29, 0.717) is 25.7 Å². The molecule has 0 spiro atoms. The Kier molecular flexibility index (Phi) is 4.18. The van der Waals surface area contributed by atoms with Crippen LogP contribution < -0.4 is 0 Å². The van der Waals surface area contributed by atoms with Crippen LogP contribution in [0.5, 0.6) is 0 Å². The summed E-state index contributed by atoms with van der Waals surface area (Å²) in [5.74, 6) is -0.421. The van der Waals surface area contributed by atoms with Gasteiger partial charge in [-0.05, 0) is 25.7 Å². The van der Waals surface area contributed by atoms with Crippen molar-refractivity contribution >= 4 is 18.0 Å². The van der Waals surface area contributed by atoms with Crippen LogP contribution in [-0.2, 0) is 14.3 Å². The van der Waals surface area contributed by atoms with Gasteiger partial charge in [0.05, 0.1) is 23.3 Å². The van der Waals surface area contributed by atoms with Crippen molar-refractivity contribution in [3.05, 3.63) is 0 Å². The molecule has 1 N–H and O–H groups in total. The van der Waals surface area contributed by atoms with Gasteiger partial charge in [-0.15, -0.1) is 0 Å². The van der Waals surface area contributed by atoms with E-state index in [1.807, 2.05) is 0 Å². The monoisotopic (exact) mass is 211 g/mol. The van der Waals surface area contributed by atoms with Crippen molar-refractivity contribution in [1.82, 2.24) is 0 Å². The minimum Gasteiger partial charge on any atom is -0.469 e. The second-order valence-electron chi connectivity index (χ2n) is 3.73. The second-order valence-corrected chi connectivity index (χ2v) is 3.73. The van der Waals surface area contributed by atoms with Gasteiger partial charge in [0.15, 0.2) is 0 Å². The van der Waals surface area contributed by atoms with Crippen LogP contribution in [0.2, 0.25) is 0 Å². The molecule has 1 aliphatic carbocycles. The number of ether oxygens (including phenoxy) is 1. The van der Waals surface area contributed by atoms with Crippen molar-refractivity contribution in [2.45, 2.75) is 25.7 Å². The first-order chi connectivity index (χ1) is 7.19. The molecule has 0 bridgehead atoms. The third kappa shape index (κ3) is 2.99. The molecule has 82 valence electrons. The number of esters is 1. The predicted molar refractivity (Wildman–Crippen MR) is 51.5 cm³/mol. The highest BCUT2D eigenvalue weighted by atomic mass is 16.5. The van der Waals surface area contributed by atoms with Crippen LogP contribution in [0.25, 0.3) is 0 Å². The lowest BCUT2D eigenvalue weighted by Gasteiger charge is -2.23. The highest BCUT2D eigenvalue weighted by Crippen LogP contribution is 2.29. The van der Waals surface area contributed by atoms with E-state index in [2.05, 4.69) is 9.53 Å². The number of methoxy groups -OCH3 is 1. The zero-order chi connectivity index (χ0) is 11.3. The summed E-state index contributed by atoms with van der Waals surface area (Å²) in [6.45, 7) is 0. The standard InChI is InChI=1S/C10H15N2O3/c1-15-10(14)8-4-2-7(3-5-8)9(13)6-12-11/h6-8,11H,2-5H2,1H3/q+1/t7-,8+. The van der Waals surface area contributed by atoms with Crippen LogP contribution in [0.4, 0.5) is 0 Å². The van der Waals surface area contributed by atoms with Crippen LogP contribution in [0.1, 0.15) is 25.7 Å². The van der Waals surface area contributed by atoms with Gasteiger partial charge in [0.1, 0.15) is 0 Å². The summed E-state index contributed by atoms with van der Waals surface area (Å²) in [7, 11) is 1.38. The predicted octanol–water partition coefficient (Wildman–Crippen LogP) is 0.845. The first-order valence-electron chi connectivity index (χ1n) is 5.00. The molecule has 0 radical (unpaired) electrons. The molecule has 1 saturated carbocycles. The molecule has 1 fully saturated rings. The SMILES string of the molecule is COC(=O)[C@H]1CC[C@@H](C(=O)C=[N+]=N)CC1. The van der Waals surface area contributed by atoms with Gasteiger partial charge in [-0.25, -0.2) is 0 Å². The summed E-state index contributed by atoms with van der Waals surface area (Å²) in [4.78, 5) is 25.5. The highest BCUT2D eigenvalue weighted by Gasteiger charge is 2.31. The molecule has 5 heteroatoms. The minimum absolute atomic E-state index is 0.0630. The van der Waals surface area contributed by atoms with Crippen molar-refractivity contribution < 1.29 is 19.1 Å². The summed E-state index contributed by atoms with van der Waals surface area (Å²) in [6, 6.07) is 0. The lowest BCUT2D eigenvalue weighted by atomic mass is 9.80. The van der Waals surface area contributed by atoms with E-state index < -0.39 is 0 Å². The summed E-state index contributed by atoms with van der Waals surface area (Å²) < 4.78 is 4.65.